The fourth-order valence-electron chi connectivity index (χ4n) is 2.88. The highest BCUT2D eigenvalue weighted by Crippen LogP contribution is 2.38. The van der Waals surface area contributed by atoms with Gasteiger partial charge in [0.1, 0.15) is 5.75 Å². The Morgan fingerprint density at radius 1 is 1.42 bits per heavy atom. The van der Waals surface area contributed by atoms with Gasteiger partial charge in [-0.2, -0.15) is 0 Å². The smallest absolute Gasteiger partial charge is 0.124 e. The second kappa shape index (κ2) is 5.83. The molecule has 0 amide bonds. The van der Waals surface area contributed by atoms with Gasteiger partial charge in [0.2, 0.25) is 0 Å². The standard InChI is InChI=1S/C16H25NO2/c1-4-19-15-6-5-13(9-12(15)11-18)17-14-7-8-16(2,3)10-14/h5-6,9,14,17-18H,4,7-8,10-11H2,1-3H3. The molecular formula is C16H25NO2. The van der Waals surface area contributed by atoms with Crippen LogP contribution in [0.15, 0.2) is 18.2 Å². The van der Waals surface area contributed by atoms with Crippen LogP contribution in [0.3, 0.4) is 0 Å². The van der Waals surface area contributed by atoms with Gasteiger partial charge in [-0.05, 0) is 49.8 Å². The third-order valence-electron chi connectivity index (χ3n) is 3.87. The SMILES string of the molecule is CCOc1ccc(NC2CCC(C)(C)C2)cc1CO. The van der Waals surface area contributed by atoms with Gasteiger partial charge < -0.3 is 15.2 Å². The number of hydrogen-bond acceptors (Lipinski definition) is 3. The Labute approximate surface area is 116 Å². The van der Waals surface area contributed by atoms with E-state index in [1.165, 1.54) is 19.3 Å². The number of benzene rings is 1. The van der Waals surface area contributed by atoms with Crippen LogP contribution in [-0.2, 0) is 6.61 Å². The topological polar surface area (TPSA) is 41.5 Å². The van der Waals surface area contributed by atoms with Crippen LogP contribution in [0.4, 0.5) is 5.69 Å². The number of nitrogens with one attached hydrogen (secondary N) is 1. The zero-order chi connectivity index (χ0) is 13.9. The van der Waals surface area contributed by atoms with Gasteiger partial charge in [-0.3, -0.25) is 0 Å². The molecule has 106 valence electrons. The van der Waals surface area contributed by atoms with Crippen LogP contribution in [0.1, 0.15) is 45.6 Å². The monoisotopic (exact) mass is 263 g/mol. The molecule has 0 bridgehead atoms. The molecule has 3 nitrogen and oxygen atoms in total. The lowest BCUT2D eigenvalue weighted by Crippen LogP contribution is -2.17. The molecule has 0 aliphatic heterocycles. The molecule has 0 heterocycles. The van der Waals surface area contributed by atoms with Crippen molar-refractivity contribution in [1.29, 1.82) is 0 Å². The maximum absolute atomic E-state index is 9.41. The summed E-state index contributed by atoms with van der Waals surface area (Å²) in [6.45, 7) is 7.24. The quantitative estimate of drug-likeness (QED) is 0.853. The minimum Gasteiger partial charge on any atom is -0.494 e. The van der Waals surface area contributed by atoms with E-state index in [-0.39, 0.29) is 6.61 Å². The Kier molecular flexibility index (Phi) is 4.35. The maximum atomic E-state index is 9.41. The predicted octanol–water partition coefficient (Wildman–Crippen LogP) is 3.57. The van der Waals surface area contributed by atoms with E-state index >= 15 is 0 Å². The third kappa shape index (κ3) is 3.63. The van der Waals surface area contributed by atoms with E-state index < -0.39 is 0 Å². The summed E-state index contributed by atoms with van der Waals surface area (Å²) < 4.78 is 5.50. The van der Waals surface area contributed by atoms with Crippen LogP contribution in [0.2, 0.25) is 0 Å². The molecule has 1 unspecified atom stereocenters. The van der Waals surface area contributed by atoms with Gasteiger partial charge in [0.05, 0.1) is 13.2 Å². The van der Waals surface area contributed by atoms with Crippen molar-refractivity contribution in [3.8, 4) is 5.75 Å². The van der Waals surface area contributed by atoms with Crippen LogP contribution in [0, 0.1) is 5.41 Å². The van der Waals surface area contributed by atoms with E-state index in [1.54, 1.807) is 0 Å². The molecule has 19 heavy (non-hydrogen) atoms. The summed E-state index contributed by atoms with van der Waals surface area (Å²) >= 11 is 0. The number of rotatable bonds is 5. The molecule has 1 aromatic carbocycles. The second-order valence-electron chi connectivity index (χ2n) is 6.16. The Morgan fingerprint density at radius 2 is 2.21 bits per heavy atom. The van der Waals surface area contributed by atoms with Crippen molar-refractivity contribution in [3.05, 3.63) is 23.8 Å². The summed E-state index contributed by atoms with van der Waals surface area (Å²) in [5, 5.41) is 13.0. The van der Waals surface area contributed by atoms with Crippen LogP contribution in [0.25, 0.3) is 0 Å². The molecule has 2 N–H and O–H groups in total. The van der Waals surface area contributed by atoms with Gasteiger partial charge in [-0.15, -0.1) is 0 Å². The van der Waals surface area contributed by atoms with Gasteiger partial charge in [0.15, 0.2) is 0 Å². The molecule has 1 aromatic rings. The van der Waals surface area contributed by atoms with E-state index in [4.69, 9.17) is 4.74 Å². The largest absolute Gasteiger partial charge is 0.494 e. The molecule has 0 aromatic heterocycles. The lowest BCUT2D eigenvalue weighted by atomic mass is 9.92. The van der Waals surface area contributed by atoms with E-state index in [2.05, 4.69) is 19.2 Å². The van der Waals surface area contributed by atoms with Gasteiger partial charge in [0, 0.05) is 17.3 Å². The Hall–Kier alpha value is -1.22. The number of aliphatic hydroxyl groups excluding tert-OH is 1. The fraction of sp³-hybridized carbons (Fsp3) is 0.625. The summed E-state index contributed by atoms with van der Waals surface area (Å²) in [6.07, 6.45) is 3.69. The van der Waals surface area contributed by atoms with Crippen molar-refractivity contribution in [2.45, 2.75) is 52.7 Å². The van der Waals surface area contributed by atoms with Crippen molar-refractivity contribution in [2.24, 2.45) is 5.41 Å². The Morgan fingerprint density at radius 3 is 2.79 bits per heavy atom. The molecule has 0 radical (unpaired) electrons. The average molecular weight is 263 g/mol. The van der Waals surface area contributed by atoms with Crippen LogP contribution in [0.5, 0.6) is 5.75 Å². The lowest BCUT2D eigenvalue weighted by molar-refractivity contribution is 0.267. The fourth-order valence-corrected chi connectivity index (χ4v) is 2.88. The third-order valence-corrected chi connectivity index (χ3v) is 3.87. The summed E-state index contributed by atoms with van der Waals surface area (Å²) in [5.74, 6) is 0.780. The normalized spacial score (nSPS) is 21.4. The van der Waals surface area contributed by atoms with Gasteiger partial charge in [0.25, 0.3) is 0 Å². The Balaban J connectivity index is 2.05. The van der Waals surface area contributed by atoms with Crippen molar-refractivity contribution in [1.82, 2.24) is 0 Å². The van der Waals surface area contributed by atoms with Crippen molar-refractivity contribution >= 4 is 5.69 Å². The molecule has 2 rings (SSSR count). The van der Waals surface area contributed by atoms with E-state index in [1.807, 2.05) is 25.1 Å². The maximum Gasteiger partial charge on any atom is 0.124 e. The van der Waals surface area contributed by atoms with Crippen molar-refractivity contribution < 1.29 is 9.84 Å². The van der Waals surface area contributed by atoms with Gasteiger partial charge >= 0.3 is 0 Å². The first kappa shape index (κ1) is 14.2. The van der Waals surface area contributed by atoms with Gasteiger partial charge in [-0.1, -0.05) is 13.8 Å². The minimum absolute atomic E-state index is 0.0149. The van der Waals surface area contributed by atoms with Crippen LogP contribution in [-0.4, -0.2) is 17.8 Å². The number of anilines is 1. The molecular weight excluding hydrogens is 238 g/mol. The van der Waals surface area contributed by atoms with E-state index in [9.17, 15) is 5.11 Å². The Bertz CT molecular complexity index is 429. The first-order valence-corrected chi connectivity index (χ1v) is 7.17. The molecule has 1 atom stereocenters. The molecule has 1 fully saturated rings. The lowest BCUT2D eigenvalue weighted by Gasteiger charge is -2.19. The molecule has 1 saturated carbocycles. The number of ether oxygens (including phenoxy) is 1. The highest BCUT2D eigenvalue weighted by atomic mass is 16.5. The average Bonchev–Trinajstić information content (AvgIpc) is 2.71. The zero-order valence-electron chi connectivity index (χ0n) is 12.2. The molecule has 0 spiro atoms. The highest BCUT2D eigenvalue weighted by molar-refractivity contribution is 5.51. The summed E-state index contributed by atoms with van der Waals surface area (Å²) in [7, 11) is 0. The summed E-state index contributed by atoms with van der Waals surface area (Å²) in [6, 6.07) is 6.52. The second-order valence-corrected chi connectivity index (χ2v) is 6.16. The molecule has 1 aliphatic carbocycles. The summed E-state index contributed by atoms with van der Waals surface area (Å²) in [5.41, 5.74) is 2.38. The first-order valence-electron chi connectivity index (χ1n) is 7.17. The number of hydrogen-bond donors (Lipinski definition) is 2. The van der Waals surface area contributed by atoms with Crippen LogP contribution >= 0.6 is 0 Å². The molecule has 0 saturated heterocycles. The van der Waals surface area contributed by atoms with E-state index in [0.717, 1.165) is 17.0 Å². The van der Waals surface area contributed by atoms with Crippen molar-refractivity contribution in [3.63, 3.8) is 0 Å². The highest BCUT2D eigenvalue weighted by Gasteiger charge is 2.30. The van der Waals surface area contributed by atoms with E-state index in [0.29, 0.717) is 18.1 Å². The van der Waals surface area contributed by atoms with Gasteiger partial charge in [-0.25, -0.2) is 0 Å². The minimum atomic E-state index is 0.0149. The van der Waals surface area contributed by atoms with Crippen LogP contribution < -0.4 is 10.1 Å². The van der Waals surface area contributed by atoms with Crippen molar-refractivity contribution in [2.75, 3.05) is 11.9 Å². The zero-order valence-corrected chi connectivity index (χ0v) is 12.2. The predicted molar refractivity (Wildman–Crippen MR) is 78.6 cm³/mol. The first-order chi connectivity index (χ1) is 9.04. The summed E-state index contributed by atoms with van der Waals surface area (Å²) in [4.78, 5) is 0. The molecule has 1 aliphatic rings. The number of aliphatic hydroxyl groups is 1. The molecule has 3 heteroatoms.